The second kappa shape index (κ2) is 8.82. The fraction of sp³-hybridized carbons (Fsp3) is 0.556. The van der Waals surface area contributed by atoms with Crippen LogP contribution in [-0.4, -0.2) is 62.8 Å². The van der Waals surface area contributed by atoms with Crippen LogP contribution in [0.2, 0.25) is 0 Å². The first-order chi connectivity index (χ1) is 12.0. The highest BCUT2D eigenvalue weighted by Crippen LogP contribution is 2.22. The summed E-state index contributed by atoms with van der Waals surface area (Å²) >= 11 is 0. The maximum atomic E-state index is 12.4. The van der Waals surface area contributed by atoms with Crippen LogP contribution in [0.25, 0.3) is 0 Å². The summed E-state index contributed by atoms with van der Waals surface area (Å²) in [6.07, 6.45) is 0.114. The predicted molar refractivity (Wildman–Crippen MR) is 92.3 cm³/mol. The van der Waals surface area contributed by atoms with Gasteiger partial charge in [-0.1, -0.05) is 18.2 Å². The third-order valence-corrected chi connectivity index (χ3v) is 4.38. The molecule has 2 rings (SSSR count). The van der Waals surface area contributed by atoms with Gasteiger partial charge in [-0.05, 0) is 6.07 Å². The van der Waals surface area contributed by atoms with E-state index in [1.807, 2.05) is 24.3 Å². The second-order valence-electron chi connectivity index (χ2n) is 6.15. The summed E-state index contributed by atoms with van der Waals surface area (Å²) in [6, 6.07) is 7.52. The van der Waals surface area contributed by atoms with Crippen molar-refractivity contribution < 1.29 is 23.8 Å². The first kappa shape index (κ1) is 19.2. The number of benzene rings is 1. The quantitative estimate of drug-likeness (QED) is 0.827. The van der Waals surface area contributed by atoms with E-state index in [0.717, 1.165) is 11.3 Å². The van der Waals surface area contributed by atoms with Gasteiger partial charge in [-0.25, -0.2) is 0 Å². The van der Waals surface area contributed by atoms with Crippen LogP contribution in [0.5, 0.6) is 5.75 Å². The highest BCUT2D eigenvalue weighted by molar-refractivity contribution is 5.78. The molecule has 0 bridgehead atoms. The van der Waals surface area contributed by atoms with E-state index in [1.54, 1.807) is 19.1 Å². The molecular formula is C18H26N2O5. The fourth-order valence-electron chi connectivity index (χ4n) is 2.87. The minimum absolute atomic E-state index is 0.0543. The molecule has 1 aromatic carbocycles. The molecule has 1 atom stereocenters. The molecule has 1 fully saturated rings. The summed E-state index contributed by atoms with van der Waals surface area (Å²) in [4.78, 5) is 25.8. The lowest BCUT2D eigenvalue weighted by molar-refractivity contribution is -0.139. The summed E-state index contributed by atoms with van der Waals surface area (Å²) in [7, 11) is 3.14. The highest BCUT2D eigenvalue weighted by atomic mass is 16.5. The first-order valence-electron chi connectivity index (χ1n) is 8.27. The zero-order valence-corrected chi connectivity index (χ0v) is 15.0. The summed E-state index contributed by atoms with van der Waals surface area (Å²) in [6.45, 7) is 3.42. The molecule has 1 unspecified atom stereocenters. The fourth-order valence-corrected chi connectivity index (χ4v) is 2.87. The van der Waals surface area contributed by atoms with Gasteiger partial charge in [0.05, 0.1) is 33.3 Å². The normalized spacial score (nSPS) is 20.7. The lowest BCUT2D eigenvalue weighted by Crippen LogP contribution is -2.50. The molecule has 7 heteroatoms. The summed E-state index contributed by atoms with van der Waals surface area (Å²) in [5.41, 5.74) is 0.0554. The number of nitrogens with one attached hydrogen (secondary N) is 1. The molecule has 1 aromatic rings. The zero-order valence-electron chi connectivity index (χ0n) is 15.0. The van der Waals surface area contributed by atoms with Gasteiger partial charge >= 0.3 is 0 Å². The van der Waals surface area contributed by atoms with Gasteiger partial charge in [0, 0.05) is 32.7 Å². The first-order valence-corrected chi connectivity index (χ1v) is 8.27. The molecule has 138 valence electrons. The van der Waals surface area contributed by atoms with Gasteiger partial charge in [-0.15, -0.1) is 0 Å². The average molecular weight is 350 g/mol. The predicted octanol–water partition coefficient (Wildman–Crippen LogP) is 0.965. The molecule has 0 spiro atoms. The smallest absolute Gasteiger partial charge is 0.223 e. The number of methoxy groups -OCH3 is 2. The third kappa shape index (κ3) is 5.17. The number of para-hydroxylation sites is 1. The minimum Gasteiger partial charge on any atom is -0.496 e. The van der Waals surface area contributed by atoms with Crippen LogP contribution in [0.1, 0.15) is 18.9 Å². The summed E-state index contributed by atoms with van der Waals surface area (Å²) in [5.74, 6) is 0.507. The monoisotopic (exact) mass is 350 g/mol. The number of nitrogens with zero attached hydrogens (tertiary/aromatic N) is 1. The topological polar surface area (TPSA) is 77.1 Å². The lowest BCUT2D eigenvalue weighted by Gasteiger charge is -2.33. The number of rotatable bonds is 6. The van der Waals surface area contributed by atoms with Crippen LogP contribution in [0.3, 0.4) is 0 Å². The molecular weight excluding hydrogens is 324 g/mol. The largest absolute Gasteiger partial charge is 0.496 e. The van der Waals surface area contributed by atoms with E-state index in [9.17, 15) is 9.59 Å². The van der Waals surface area contributed by atoms with Gasteiger partial charge in [-0.2, -0.15) is 0 Å². The second-order valence-corrected chi connectivity index (χ2v) is 6.15. The van der Waals surface area contributed by atoms with Crippen molar-refractivity contribution in [3.05, 3.63) is 29.8 Å². The van der Waals surface area contributed by atoms with Crippen molar-refractivity contribution in [1.29, 1.82) is 0 Å². The van der Waals surface area contributed by atoms with Crippen molar-refractivity contribution in [3.63, 3.8) is 0 Å². The molecule has 1 N–H and O–H groups in total. The Bertz CT molecular complexity index is 607. The number of hydrogen-bond donors (Lipinski definition) is 1. The number of carbonyl (C=O) groups excluding carboxylic acids is 2. The van der Waals surface area contributed by atoms with Gasteiger partial charge in [0.25, 0.3) is 0 Å². The van der Waals surface area contributed by atoms with Crippen LogP contribution < -0.4 is 10.1 Å². The Morgan fingerprint density at radius 2 is 2.08 bits per heavy atom. The van der Waals surface area contributed by atoms with E-state index in [0.29, 0.717) is 26.2 Å². The Labute approximate surface area is 148 Å². The molecule has 2 amide bonds. The van der Waals surface area contributed by atoms with E-state index in [4.69, 9.17) is 14.2 Å². The number of hydrogen-bond acceptors (Lipinski definition) is 5. The highest BCUT2D eigenvalue weighted by Gasteiger charge is 2.38. The SMILES string of the molecule is COc1ccccc1CNC(=O)CC1(OC)COCCN(C(C)=O)C1. The van der Waals surface area contributed by atoms with E-state index < -0.39 is 5.60 Å². The molecule has 7 nitrogen and oxygen atoms in total. The van der Waals surface area contributed by atoms with Crippen LogP contribution in [0.15, 0.2) is 24.3 Å². The van der Waals surface area contributed by atoms with E-state index >= 15 is 0 Å². The molecule has 1 aliphatic heterocycles. The Balaban J connectivity index is 1.99. The van der Waals surface area contributed by atoms with Gasteiger partial charge < -0.3 is 24.4 Å². The molecule has 1 aliphatic rings. The molecule has 0 aromatic heterocycles. The van der Waals surface area contributed by atoms with Gasteiger partial charge in [0.15, 0.2) is 0 Å². The Kier molecular flexibility index (Phi) is 6.78. The Morgan fingerprint density at radius 3 is 2.76 bits per heavy atom. The van der Waals surface area contributed by atoms with Crippen molar-refractivity contribution in [2.45, 2.75) is 25.5 Å². The molecule has 1 heterocycles. The zero-order chi connectivity index (χ0) is 18.3. The summed E-state index contributed by atoms with van der Waals surface area (Å²) in [5, 5.41) is 2.89. The van der Waals surface area contributed by atoms with Crippen LogP contribution in [-0.2, 0) is 25.6 Å². The maximum Gasteiger partial charge on any atom is 0.223 e. The molecule has 25 heavy (non-hydrogen) atoms. The van der Waals surface area contributed by atoms with Crippen molar-refractivity contribution >= 4 is 11.8 Å². The van der Waals surface area contributed by atoms with E-state index in [-0.39, 0.29) is 24.8 Å². The molecule has 0 aliphatic carbocycles. The third-order valence-electron chi connectivity index (χ3n) is 4.38. The standard InChI is InChI=1S/C18H26N2O5/c1-14(21)20-8-9-25-13-18(12-20,24-3)10-17(22)19-11-15-6-4-5-7-16(15)23-2/h4-7H,8-13H2,1-3H3,(H,19,22). The summed E-state index contributed by atoms with van der Waals surface area (Å²) < 4.78 is 16.5. The minimum atomic E-state index is -0.840. The van der Waals surface area contributed by atoms with Gasteiger partial charge in [0.1, 0.15) is 11.4 Å². The molecule has 1 saturated heterocycles. The average Bonchev–Trinajstić information content (AvgIpc) is 2.83. The van der Waals surface area contributed by atoms with Crippen LogP contribution >= 0.6 is 0 Å². The molecule has 0 saturated carbocycles. The Morgan fingerprint density at radius 1 is 1.32 bits per heavy atom. The van der Waals surface area contributed by atoms with Crippen molar-refractivity contribution in [2.24, 2.45) is 0 Å². The van der Waals surface area contributed by atoms with E-state index in [2.05, 4.69) is 5.32 Å². The van der Waals surface area contributed by atoms with Crippen molar-refractivity contribution in [2.75, 3.05) is 40.5 Å². The number of amides is 2. The number of carbonyl (C=O) groups is 2. The van der Waals surface area contributed by atoms with Crippen molar-refractivity contribution in [3.8, 4) is 5.75 Å². The van der Waals surface area contributed by atoms with Gasteiger partial charge in [-0.3, -0.25) is 9.59 Å². The van der Waals surface area contributed by atoms with E-state index in [1.165, 1.54) is 6.92 Å². The Hall–Kier alpha value is -2.12. The maximum absolute atomic E-state index is 12.4. The van der Waals surface area contributed by atoms with Gasteiger partial charge in [0.2, 0.25) is 11.8 Å². The lowest BCUT2D eigenvalue weighted by atomic mass is 9.99. The van der Waals surface area contributed by atoms with Crippen LogP contribution in [0.4, 0.5) is 0 Å². The number of ether oxygens (including phenoxy) is 3. The van der Waals surface area contributed by atoms with Crippen molar-refractivity contribution in [1.82, 2.24) is 10.2 Å². The van der Waals surface area contributed by atoms with Crippen LogP contribution in [0, 0.1) is 0 Å². The molecule has 0 radical (unpaired) electrons.